The number of aryl methyl sites for hydroxylation is 1. The SMILES string of the molecule is COC(=O)c1ccc(NC(=O)CCc2nc(-c3ccccc3)c(-c3ccccc3)o2)c(F)c1. The van der Waals surface area contributed by atoms with Crippen LogP contribution in [0, 0.1) is 5.82 Å². The fraction of sp³-hybridized carbons (Fsp3) is 0.115. The molecule has 0 aliphatic rings. The van der Waals surface area contributed by atoms with Gasteiger partial charge < -0.3 is 14.5 Å². The average Bonchev–Trinajstić information content (AvgIpc) is 3.29. The predicted molar refractivity (Wildman–Crippen MR) is 122 cm³/mol. The minimum atomic E-state index is -0.722. The Morgan fingerprint density at radius 1 is 0.970 bits per heavy atom. The minimum absolute atomic E-state index is 0.0185. The van der Waals surface area contributed by atoms with Crippen molar-refractivity contribution in [2.45, 2.75) is 12.8 Å². The molecular weight excluding hydrogens is 423 g/mol. The standard InChI is InChI=1S/C26H21FN2O4/c1-32-26(31)19-12-13-21(20(27)16-19)28-22(30)14-15-23-29-24(17-8-4-2-5-9-17)25(33-23)18-10-6-3-7-11-18/h2-13,16H,14-15H2,1H3,(H,28,30). The quantitative estimate of drug-likeness (QED) is 0.381. The molecule has 0 bridgehead atoms. The lowest BCUT2D eigenvalue weighted by atomic mass is 10.1. The maximum absolute atomic E-state index is 14.2. The van der Waals surface area contributed by atoms with Gasteiger partial charge in [-0.2, -0.15) is 0 Å². The van der Waals surface area contributed by atoms with Gasteiger partial charge in [-0.1, -0.05) is 60.7 Å². The molecular formula is C26H21FN2O4. The first-order valence-electron chi connectivity index (χ1n) is 10.3. The molecule has 166 valence electrons. The highest BCUT2D eigenvalue weighted by molar-refractivity contribution is 5.93. The van der Waals surface area contributed by atoms with E-state index in [4.69, 9.17) is 4.42 Å². The van der Waals surface area contributed by atoms with Gasteiger partial charge in [0.1, 0.15) is 11.5 Å². The lowest BCUT2D eigenvalue weighted by Crippen LogP contribution is -2.14. The van der Waals surface area contributed by atoms with E-state index in [2.05, 4.69) is 15.0 Å². The molecule has 0 saturated heterocycles. The third kappa shape index (κ3) is 5.15. The van der Waals surface area contributed by atoms with Crippen LogP contribution < -0.4 is 5.32 Å². The smallest absolute Gasteiger partial charge is 0.337 e. The monoisotopic (exact) mass is 444 g/mol. The number of oxazole rings is 1. The number of esters is 1. The van der Waals surface area contributed by atoms with E-state index in [1.165, 1.54) is 19.2 Å². The lowest BCUT2D eigenvalue weighted by Gasteiger charge is -2.07. The van der Waals surface area contributed by atoms with E-state index in [0.717, 1.165) is 17.2 Å². The molecule has 1 aromatic heterocycles. The molecule has 0 saturated carbocycles. The maximum atomic E-state index is 14.2. The van der Waals surface area contributed by atoms with Gasteiger partial charge in [0.05, 0.1) is 18.4 Å². The maximum Gasteiger partial charge on any atom is 0.337 e. The van der Waals surface area contributed by atoms with Gasteiger partial charge in [-0.05, 0) is 18.2 Å². The molecule has 6 nitrogen and oxygen atoms in total. The molecule has 0 aliphatic carbocycles. The van der Waals surface area contributed by atoms with Crippen molar-refractivity contribution in [3.8, 4) is 22.6 Å². The van der Waals surface area contributed by atoms with E-state index in [0.29, 0.717) is 17.3 Å². The zero-order valence-electron chi connectivity index (χ0n) is 17.9. The molecule has 7 heteroatoms. The zero-order valence-corrected chi connectivity index (χ0v) is 17.9. The van der Waals surface area contributed by atoms with Crippen LogP contribution in [0.4, 0.5) is 10.1 Å². The van der Waals surface area contributed by atoms with Gasteiger partial charge in [0.25, 0.3) is 0 Å². The molecule has 3 aromatic carbocycles. The van der Waals surface area contributed by atoms with E-state index in [1.54, 1.807) is 0 Å². The fourth-order valence-electron chi connectivity index (χ4n) is 3.34. The van der Waals surface area contributed by atoms with Crippen LogP contribution in [0.5, 0.6) is 0 Å². The molecule has 4 aromatic rings. The summed E-state index contributed by atoms with van der Waals surface area (Å²) in [6.45, 7) is 0. The first-order valence-corrected chi connectivity index (χ1v) is 10.3. The number of nitrogens with zero attached hydrogens (tertiary/aromatic N) is 1. The van der Waals surface area contributed by atoms with E-state index in [1.807, 2.05) is 60.7 Å². The highest BCUT2D eigenvalue weighted by atomic mass is 19.1. The van der Waals surface area contributed by atoms with Crippen LogP contribution in [0.15, 0.2) is 83.3 Å². The Labute approximate surface area is 190 Å². The summed E-state index contributed by atoms with van der Waals surface area (Å²) < 4.78 is 24.8. The Morgan fingerprint density at radius 2 is 1.64 bits per heavy atom. The summed E-state index contributed by atoms with van der Waals surface area (Å²) in [5, 5.41) is 2.51. The van der Waals surface area contributed by atoms with E-state index < -0.39 is 17.7 Å². The number of rotatable bonds is 7. The number of aromatic nitrogens is 1. The Morgan fingerprint density at radius 3 is 2.27 bits per heavy atom. The minimum Gasteiger partial charge on any atom is -0.465 e. The predicted octanol–water partition coefficient (Wildman–Crippen LogP) is 5.51. The second-order valence-electron chi connectivity index (χ2n) is 7.25. The van der Waals surface area contributed by atoms with Crippen molar-refractivity contribution in [1.29, 1.82) is 0 Å². The highest BCUT2D eigenvalue weighted by Crippen LogP contribution is 2.32. The van der Waals surface area contributed by atoms with Gasteiger partial charge in [-0.3, -0.25) is 4.79 Å². The highest BCUT2D eigenvalue weighted by Gasteiger charge is 2.18. The van der Waals surface area contributed by atoms with Gasteiger partial charge >= 0.3 is 5.97 Å². The number of halogens is 1. The zero-order chi connectivity index (χ0) is 23.2. The second-order valence-corrected chi connectivity index (χ2v) is 7.25. The number of methoxy groups -OCH3 is 1. The normalized spacial score (nSPS) is 10.6. The van der Waals surface area contributed by atoms with Crippen LogP contribution in [-0.4, -0.2) is 24.0 Å². The Hall–Kier alpha value is -4.26. The van der Waals surface area contributed by atoms with Crippen LogP contribution in [0.3, 0.4) is 0 Å². The summed E-state index contributed by atoms with van der Waals surface area (Å²) in [6.07, 6.45) is 0.279. The Kier molecular flexibility index (Phi) is 6.59. The average molecular weight is 444 g/mol. The number of amides is 1. The van der Waals surface area contributed by atoms with Gasteiger partial charge in [0, 0.05) is 24.0 Å². The topological polar surface area (TPSA) is 81.4 Å². The molecule has 1 amide bonds. The first kappa shape index (κ1) is 22.0. The van der Waals surface area contributed by atoms with Crippen molar-refractivity contribution < 1.29 is 23.1 Å². The molecule has 1 heterocycles. The largest absolute Gasteiger partial charge is 0.465 e. The van der Waals surface area contributed by atoms with Crippen molar-refractivity contribution in [2.75, 3.05) is 12.4 Å². The summed E-state index contributed by atoms with van der Waals surface area (Å²) in [5.41, 5.74) is 2.53. The van der Waals surface area contributed by atoms with Crippen molar-refractivity contribution in [3.05, 3.63) is 96.1 Å². The third-order valence-corrected chi connectivity index (χ3v) is 4.98. The van der Waals surface area contributed by atoms with E-state index >= 15 is 0 Å². The molecule has 33 heavy (non-hydrogen) atoms. The lowest BCUT2D eigenvalue weighted by molar-refractivity contribution is -0.116. The van der Waals surface area contributed by atoms with E-state index in [9.17, 15) is 14.0 Å². The fourth-order valence-corrected chi connectivity index (χ4v) is 3.34. The van der Waals surface area contributed by atoms with Crippen LogP contribution >= 0.6 is 0 Å². The number of hydrogen-bond donors (Lipinski definition) is 1. The van der Waals surface area contributed by atoms with E-state index in [-0.39, 0.29) is 24.1 Å². The van der Waals surface area contributed by atoms with Gasteiger partial charge in [-0.15, -0.1) is 0 Å². The number of ether oxygens (including phenoxy) is 1. The number of carbonyl (C=O) groups excluding carboxylic acids is 2. The summed E-state index contributed by atoms with van der Waals surface area (Å²) in [5.74, 6) is -0.745. The Bertz CT molecular complexity index is 1210. The number of carbonyl (C=O) groups is 2. The number of hydrogen-bond acceptors (Lipinski definition) is 5. The summed E-state index contributed by atoms with van der Waals surface area (Å²) in [6, 6.07) is 23.0. The number of anilines is 1. The van der Waals surface area contributed by atoms with Crippen molar-refractivity contribution >= 4 is 17.6 Å². The van der Waals surface area contributed by atoms with Gasteiger partial charge in [-0.25, -0.2) is 14.2 Å². The second kappa shape index (κ2) is 9.91. The molecule has 4 rings (SSSR count). The van der Waals surface area contributed by atoms with Crippen LogP contribution in [0.25, 0.3) is 22.6 Å². The van der Waals surface area contributed by atoms with Crippen LogP contribution in [0.1, 0.15) is 22.7 Å². The van der Waals surface area contributed by atoms with Gasteiger partial charge in [0.15, 0.2) is 11.7 Å². The number of benzene rings is 3. The first-order chi connectivity index (χ1) is 16.0. The van der Waals surface area contributed by atoms with Crippen LogP contribution in [-0.2, 0) is 16.0 Å². The molecule has 0 aliphatic heterocycles. The summed E-state index contributed by atoms with van der Waals surface area (Å²) in [4.78, 5) is 28.5. The molecule has 0 spiro atoms. The molecule has 0 fully saturated rings. The number of nitrogens with one attached hydrogen (secondary N) is 1. The molecule has 1 N–H and O–H groups in total. The van der Waals surface area contributed by atoms with Gasteiger partial charge in [0.2, 0.25) is 5.91 Å². The summed E-state index contributed by atoms with van der Waals surface area (Å²) in [7, 11) is 1.21. The van der Waals surface area contributed by atoms with Crippen LogP contribution in [0.2, 0.25) is 0 Å². The summed E-state index contributed by atoms with van der Waals surface area (Å²) >= 11 is 0. The third-order valence-electron chi connectivity index (χ3n) is 4.98. The van der Waals surface area contributed by atoms with Crippen molar-refractivity contribution in [2.24, 2.45) is 0 Å². The molecule has 0 atom stereocenters. The molecule has 0 unspecified atom stereocenters. The van der Waals surface area contributed by atoms with Crippen molar-refractivity contribution in [3.63, 3.8) is 0 Å². The van der Waals surface area contributed by atoms with Crippen molar-refractivity contribution in [1.82, 2.24) is 4.98 Å². The Balaban J connectivity index is 1.49. The molecule has 0 radical (unpaired) electrons.